The van der Waals surface area contributed by atoms with E-state index in [4.69, 9.17) is 4.74 Å². The van der Waals surface area contributed by atoms with Crippen molar-refractivity contribution in [3.63, 3.8) is 0 Å². The van der Waals surface area contributed by atoms with Crippen molar-refractivity contribution in [3.05, 3.63) is 35.9 Å². The van der Waals surface area contributed by atoms with E-state index in [9.17, 15) is 18.0 Å². The number of sulfone groups is 1. The van der Waals surface area contributed by atoms with Gasteiger partial charge in [-0.3, -0.25) is 4.79 Å². The SMILES string of the molecule is CC(C)[C@H](NC(=O)NCc1ccccc1)C(=O)N[C@H]1CCO[C@]2(CCS(=O)(=O)C2)C1. The summed E-state index contributed by atoms with van der Waals surface area (Å²) in [5.41, 5.74) is 0.278. The van der Waals surface area contributed by atoms with Crippen LogP contribution < -0.4 is 16.0 Å². The van der Waals surface area contributed by atoms with Gasteiger partial charge in [-0.2, -0.15) is 0 Å². The predicted octanol–water partition coefficient (Wildman–Crippen LogP) is 1.36. The van der Waals surface area contributed by atoms with Crippen LogP contribution in [-0.2, 0) is 25.9 Å². The third-order valence-electron chi connectivity index (χ3n) is 5.72. The lowest BCUT2D eigenvalue weighted by atomic mass is 9.89. The quantitative estimate of drug-likeness (QED) is 0.622. The first kappa shape index (κ1) is 22.6. The molecule has 9 heteroatoms. The Labute approximate surface area is 178 Å². The van der Waals surface area contributed by atoms with Gasteiger partial charge >= 0.3 is 6.03 Å². The fraction of sp³-hybridized carbons (Fsp3) is 0.619. The third-order valence-corrected chi connectivity index (χ3v) is 7.51. The van der Waals surface area contributed by atoms with E-state index in [2.05, 4.69) is 16.0 Å². The van der Waals surface area contributed by atoms with E-state index >= 15 is 0 Å². The van der Waals surface area contributed by atoms with Crippen molar-refractivity contribution >= 4 is 21.8 Å². The fourth-order valence-electron chi connectivity index (χ4n) is 4.11. The number of carbonyl (C=O) groups excluding carboxylic acids is 2. The molecule has 1 spiro atoms. The van der Waals surface area contributed by atoms with Crippen molar-refractivity contribution in [1.29, 1.82) is 0 Å². The molecule has 1 aromatic rings. The monoisotopic (exact) mass is 437 g/mol. The van der Waals surface area contributed by atoms with E-state index in [-0.39, 0.29) is 29.4 Å². The Balaban J connectivity index is 1.54. The molecular formula is C21H31N3O5S. The van der Waals surface area contributed by atoms with Gasteiger partial charge in [-0.05, 0) is 30.7 Å². The summed E-state index contributed by atoms with van der Waals surface area (Å²) in [6.45, 7) is 4.53. The second-order valence-corrected chi connectivity index (χ2v) is 10.8. The summed E-state index contributed by atoms with van der Waals surface area (Å²) in [7, 11) is -3.08. The van der Waals surface area contributed by atoms with Crippen LogP contribution in [0, 0.1) is 5.92 Å². The van der Waals surface area contributed by atoms with Gasteiger partial charge in [0.1, 0.15) is 6.04 Å². The molecule has 2 heterocycles. The maximum Gasteiger partial charge on any atom is 0.315 e. The molecule has 3 atom stereocenters. The van der Waals surface area contributed by atoms with Gasteiger partial charge in [-0.15, -0.1) is 0 Å². The normalized spacial score (nSPS) is 26.3. The minimum absolute atomic E-state index is 0.0140. The van der Waals surface area contributed by atoms with Gasteiger partial charge < -0.3 is 20.7 Å². The lowest BCUT2D eigenvalue weighted by Gasteiger charge is -2.38. The maximum atomic E-state index is 12.9. The minimum atomic E-state index is -3.08. The van der Waals surface area contributed by atoms with Crippen LogP contribution in [0.3, 0.4) is 0 Å². The second-order valence-electron chi connectivity index (χ2n) is 8.61. The highest BCUT2D eigenvalue weighted by Crippen LogP contribution is 2.35. The Morgan fingerprint density at radius 3 is 2.60 bits per heavy atom. The summed E-state index contributed by atoms with van der Waals surface area (Å²) in [5, 5.41) is 8.54. The number of urea groups is 1. The molecule has 30 heavy (non-hydrogen) atoms. The molecule has 0 aromatic heterocycles. The number of hydrogen-bond donors (Lipinski definition) is 3. The maximum absolute atomic E-state index is 12.9. The molecule has 3 amide bonds. The van der Waals surface area contributed by atoms with E-state index in [1.165, 1.54) is 0 Å². The molecule has 2 aliphatic heterocycles. The van der Waals surface area contributed by atoms with Crippen molar-refractivity contribution in [2.75, 3.05) is 18.1 Å². The highest BCUT2D eigenvalue weighted by molar-refractivity contribution is 7.91. The summed E-state index contributed by atoms with van der Waals surface area (Å²) in [6.07, 6.45) is 1.57. The number of carbonyl (C=O) groups is 2. The molecule has 1 aromatic carbocycles. The van der Waals surface area contributed by atoms with Gasteiger partial charge in [0, 0.05) is 19.2 Å². The molecule has 2 saturated heterocycles. The summed E-state index contributed by atoms with van der Waals surface area (Å²) in [5.74, 6) is -0.221. The van der Waals surface area contributed by atoms with Gasteiger partial charge in [0.15, 0.2) is 9.84 Å². The second kappa shape index (κ2) is 9.34. The van der Waals surface area contributed by atoms with E-state index in [1.807, 2.05) is 44.2 Å². The summed E-state index contributed by atoms with van der Waals surface area (Å²) in [4.78, 5) is 25.2. The van der Waals surface area contributed by atoms with Crippen molar-refractivity contribution in [2.45, 2.75) is 57.3 Å². The highest BCUT2D eigenvalue weighted by atomic mass is 32.2. The first-order valence-corrected chi connectivity index (χ1v) is 12.2. The van der Waals surface area contributed by atoms with E-state index in [0.29, 0.717) is 32.4 Å². The Hall–Kier alpha value is -2.13. The summed E-state index contributed by atoms with van der Waals surface area (Å²) < 4.78 is 29.6. The molecular weight excluding hydrogens is 406 g/mol. The third kappa shape index (κ3) is 5.95. The number of hydrogen-bond acceptors (Lipinski definition) is 5. The number of rotatable bonds is 6. The molecule has 3 rings (SSSR count). The Morgan fingerprint density at radius 2 is 1.97 bits per heavy atom. The molecule has 2 fully saturated rings. The van der Waals surface area contributed by atoms with Crippen molar-refractivity contribution < 1.29 is 22.7 Å². The number of ether oxygens (including phenoxy) is 1. The van der Waals surface area contributed by atoms with Gasteiger partial charge in [0.05, 0.1) is 17.1 Å². The number of amides is 3. The zero-order valence-electron chi connectivity index (χ0n) is 17.5. The van der Waals surface area contributed by atoms with Crippen LogP contribution >= 0.6 is 0 Å². The van der Waals surface area contributed by atoms with Crippen LogP contribution in [-0.4, -0.2) is 56.2 Å². The molecule has 166 valence electrons. The first-order chi connectivity index (χ1) is 14.2. The van der Waals surface area contributed by atoms with Crippen LogP contribution in [0.1, 0.15) is 38.7 Å². The average molecular weight is 438 g/mol. The van der Waals surface area contributed by atoms with Gasteiger partial charge in [-0.25, -0.2) is 13.2 Å². The van der Waals surface area contributed by atoms with Crippen LogP contribution in [0.2, 0.25) is 0 Å². The van der Waals surface area contributed by atoms with Crippen molar-refractivity contribution in [1.82, 2.24) is 16.0 Å². The van der Waals surface area contributed by atoms with Crippen molar-refractivity contribution in [3.8, 4) is 0 Å². The zero-order valence-corrected chi connectivity index (χ0v) is 18.3. The fourth-order valence-corrected chi connectivity index (χ4v) is 6.08. The molecule has 0 unspecified atom stereocenters. The zero-order chi connectivity index (χ0) is 21.8. The van der Waals surface area contributed by atoms with E-state index in [0.717, 1.165) is 5.56 Å². The lowest BCUT2D eigenvalue weighted by Crippen LogP contribution is -2.56. The summed E-state index contributed by atoms with van der Waals surface area (Å²) >= 11 is 0. The topological polar surface area (TPSA) is 114 Å². The first-order valence-electron chi connectivity index (χ1n) is 10.4. The van der Waals surface area contributed by atoms with E-state index < -0.39 is 27.5 Å². The summed E-state index contributed by atoms with van der Waals surface area (Å²) in [6, 6.07) is 8.27. The average Bonchev–Trinajstić information content (AvgIpc) is 2.98. The van der Waals surface area contributed by atoms with Gasteiger partial charge in [-0.1, -0.05) is 44.2 Å². The standard InChI is InChI=1S/C21H31N3O5S/c1-15(2)18(24-20(26)22-13-16-6-4-3-5-7-16)19(25)23-17-8-10-29-21(12-17)9-11-30(27,28)14-21/h3-7,15,17-18H,8-14H2,1-2H3,(H,23,25)(H2,22,24,26)/t17-,18-,21+/m0/s1. The number of benzene rings is 1. The largest absolute Gasteiger partial charge is 0.374 e. The Kier molecular flexibility index (Phi) is 7.02. The predicted molar refractivity (Wildman–Crippen MR) is 114 cm³/mol. The molecule has 0 radical (unpaired) electrons. The molecule has 8 nitrogen and oxygen atoms in total. The van der Waals surface area contributed by atoms with E-state index in [1.54, 1.807) is 0 Å². The molecule has 0 saturated carbocycles. The van der Waals surface area contributed by atoms with Gasteiger partial charge in [0.25, 0.3) is 0 Å². The Bertz CT molecular complexity index is 859. The molecule has 2 aliphatic rings. The molecule has 0 aliphatic carbocycles. The van der Waals surface area contributed by atoms with Crippen molar-refractivity contribution in [2.24, 2.45) is 5.92 Å². The highest BCUT2D eigenvalue weighted by Gasteiger charge is 2.47. The molecule has 0 bridgehead atoms. The Morgan fingerprint density at radius 1 is 1.23 bits per heavy atom. The minimum Gasteiger partial charge on any atom is -0.374 e. The molecule has 3 N–H and O–H groups in total. The lowest BCUT2D eigenvalue weighted by molar-refractivity contribution is -0.127. The van der Waals surface area contributed by atoms with Gasteiger partial charge in [0.2, 0.25) is 5.91 Å². The van der Waals surface area contributed by atoms with Crippen LogP contribution in [0.5, 0.6) is 0 Å². The smallest absolute Gasteiger partial charge is 0.315 e. The number of nitrogens with one attached hydrogen (secondary N) is 3. The van der Waals surface area contributed by atoms with Crippen LogP contribution in [0.4, 0.5) is 4.79 Å². The van der Waals surface area contributed by atoms with Crippen LogP contribution in [0.15, 0.2) is 30.3 Å². The van der Waals surface area contributed by atoms with Crippen LogP contribution in [0.25, 0.3) is 0 Å².